The molecule has 0 spiro atoms. The number of rotatable bonds is 7. The molecular formula is C27H24O3S. The minimum Gasteiger partial charge on any atom is -0.481 e. The molecule has 1 aliphatic carbocycles. The Morgan fingerprint density at radius 2 is 1.81 bits per heavy atom. The summed E-state index contributed by atoms with van der Waals surface area (Å²) < 4.78 is 6.20. The lowest BCUT2D eigenvalue weighted by Crippen LogP contribution is -2.07. The number of carboxylic acid groups (broad SMARTS) is 1. The highest BCUT2D eigenvalue weighted by atomic mass is 32.2. The van der Waals surface area contributed by atoms with Gasteiger partial charge in [0.05, 0.1) is 6.42 Å². The Balaban J connectivity index is 1.43. The van der Waals surface area contributed by atoms with Crippen LogP contribution in [0.3, 0.4) is 0 Å². The Bertz CT molecular complexity index is 1250. The van der Waals surface area contributed by atoms with Crippen LogP contribution in [0.2, 0.25) is 0 Å². The summed E-state index contributed by atoms with van der Waals surface area (Å²) in [5, 5.41) is 9.95. The first-order chi connectivity index (χ1) is 15.0. The van der Waals surface area contributed by atoms with Gasteiger partial charge in [-0.15, -0.1) is 11.8 Å². The van der Waals surface area contributed by atoms with Crippen molar-refractivity contribution in [1.82, 2.24) is 0 Å². The second-order valence-corrected chi connectivity index (χ2v) is 9.45. The van der Waals surface area contributed by atoms with Crippen LogP contribution >= 0.6 is 11.8 Å². The molecule has 4 heteroatoms. The van der Waals surface area contributed by atoms with Gasteiger partial charge >= 0.3 is 5.97 Å². The number of furan rings is 1. The summed E-state index contributed by atoms with van der Waals surface area (Å²) >= 11 is 1.57. The van der Waals surface area contributed by atoms with Gasteiger partial charge < -0.3 is 9.52 Å². The van der Waals surface area contributed by atoms with E-state index in [0.717, 1.165) is 32.8 Å². The van der Waals surface area contributed by atoms with Crippen LogP contribution in [0.4, 0.5) is 0 Å². The summed E-state index contributed by atoms with van der Waals surface area (Å²) in [6, 6.07) is 25.7. The number of benzene rings is 3. The zero-order valence-electron chi connectivity index (χ0n) is 17.4. The van der Waals surface area contributed by atoms with Crippen molar-refractivity contribution >= 4 is 28.7 Å². The average Bonchev–Trinajstić information content (AvgIpc) is 3.47. The summed E-state index contributed by atoms with van der Waals surface area (Å²) in [6.07, 6.45) is 2.54. The van der Waals surface area contributed by atoms with E-state index in [4.69, 9.17) is 9.52 Å². The Morgan fingerprint density at radius 3 is 2.52 bits per heavy atom. The molecule has 1 fully saturated rings. The van der Waals surface area contributed by atoms with Crippen LogP contribution in [-0.4, -0.2) is 16.8 Å². The fourth-order valence-electron chi connectivity index (χ4n) is 4.36. The molecule has 1 aromatic heterocycles. The molecule has 0 saturated heterocycles. The molecule has 3 nitrogen and oxygen atoms in total. The summed E-state index contributed by atoms with van der Waals surface area (Å²) in [5.41, 5.74) is 6.01. The maximum Gasteiger partial charge on any atom is 0.304 e. The fourth-order valence-corrected chi connectivity index (χ4v) is 5.30. The lowest BCUT2D eigenvalue weighted by molar-refractivity contribution is -0.136. The van der Waals surface area contributed by atoms with Crippen LogP contribution in [0, 0.1) is 6.92 Å². The van der Waals surface area contributed by atoms with E-state index in [0.29, 0.717) is 5.75 Å². The maximum atomic E-state index is 10.7. The lowest BCUT2D eigenvalue weighted by Gasteiger charge is -2.16. The molecule has 1 aliphatic rings. The molecule has 3 aromatic carbocycles. The molecule has 0 atom stereocenters. The van der Waals surface area contributed by atoms with Crippen LogP contribution in [0.1, 0.15) is 36.0 Å². The summed E-state index contributed by atoms with van der Waals surface area (Å²) in [5.74, 6) is 0.684. The topological polar surface area (TPSA) is 50.4 Å². The minimum atomic E-state index is -0.761. The molecule has 1 heterocycles. The monoisotopic (exact) mass is 428 g/mol. The first-order valence-corrected chi connectivity index (χ1v) is 11.6. The third-order valence-corrected chi connectivity index (χ3v) is 7.19. The van der Waals surface area contributed by atoms with Crippen LogP contribution in [-0.2, 0) is 10.2 Å². The second-order valence-electron chi connectivity index (χ2n) is 8.28. The number of aryl methyl sites for hydroxylation is 1. The predicted molar refractivity (Wildman–Crippen MR) is 126 cm³/mol. The van der Waals surface area contributed by atoms with E-state index < -0.39 is 5.97 Å². The van der Waals surface area contributed by atoms with E-state index in [-0.39, 0.29) is 11.8 Å². The third-order valence-electron chi connectivity index (χ3n) is 6.19. The van der Waals surface area contributed by atoms with Crippen LogP contribution in [0.15, 0.2) is 82.1 Å². The predicted octanol–water partition coefficient (Wildman–Crippen LogP) is 7.05. The Hall–Kier alpha value is -2.98. The summed E-state index contributed by atoms with van der Waals surface area (Å²) in [7, 11) is 0. The molecule has 1 N–H and O–H groups in total. The second kappa shape index (κ2) is 7.93. The van der Waals surface area contributed by atoms with Crippen molar-refractivity contribution in [3.63, 3.8) is 0 Å². The molecule has 0 aliphatic heterocycles. The van der Waals surface area contributed by atoms with E-state index in [1.54, 1.807) is 11.8 Å². The molecule has 0 bridgehead atoms. The first kappa shape index (κ1) is 20.0. The van der Waals surface area contributed by atoms with Gasteiger partial charge in [0, 0.05) is 27.0 Å². The van der Waals surface area contributed by atoms with E-state index in [1.165, 1.54) is 24.0 Å². The SMILES string of the molecule is Cc1cc(SCCC(=O)O)ccc1-c1cc2cc(C3(c4ccccc4)CC3)ccc2o1. The van der Waals surface area contributed by atoms with E-state index >= 15 is 0 Å². The maximum absolute atomic E-state index is 10.7. The van der Waals surface area contributed by atoms with Gasteiger partial charge in [0.1, 0.15) is 11.3 Å². The van der Waals surface area contributed by atoms with Gasteiger partial charge in [-0.1, -0.05) is 36.4 Å². The van der Waals surface area contributed by atoms with Gasteiger partial charge in [0.2, 0.25) is 0 Å². The highest BCUT2D eigenvalue weighted by Gasteiger charge is 2.45. The zero-order chi connectivity index (χ0) is 21.4. The van der Waals surface area contributed by atoms with Crippen molar-refractivity contribution in [1.29, 1.82) is 0 Å². The normalized spacial score (nSPS) is 14.6. The van der Waals surface area contributed by atoms with Crippen molar-refractivity contribution < 1.29 is 14.3 Å². The third kappa shape index (κ3) is 3.88. The van der Waals surface area contributed by atoms with E-state index in [2.05, 4.69) is 73.7 Å². The van der Waals surface area contributed by atoms with Crippen molar-refractivity contribution in [2.75, 3.05) is 5.75 Å². The smallest absolute Gasteiger partial charge is 0.304 e. The van der Waals surface area contributed by atoms with Gasteiger partial charge in [-0.05, 0) is 72.9 Å². The van der Waals surface area contributed by atoms with Crippen molar-refractivity contribution in [3.05, 3.63) is 89.5 Å². The van der Waals surface area contributed by atoms with Gasteiger partial charge in [0.15, 0.2) is 0 Å². The highest BCUT2D eigenvalue weighted by Crippen LogP contribution is 2.54. The van der Waals surface area contributed by atoms with Crippen LogP contribution in [0.5, 0.6) is 0 Å². The molecule has 0 radical (unpaired) electrons. The number of thioether (sulfide) groups is 1. The van der Waals surface area contributed by atoms with Crippen LogP contribution in [0.25, 0.3) is 22.3 Å². The average molecular weight is 429 g/mol. The number of hydrogen-bond acceptors (Lipinski definition) is 3. The highest BCUT2D eigenvalue weighted by molar-refractivity contribution is 7.99. The Morgan fingerprint density at radius 1 is 1.00 bits per heavy atom. The minimum absolute atomic E-state index is 0.150. The molecule has 31 heavy (non-hydrogen) atoms. The molecular weight excluding hydrogens is 404 g/mol. The molecule has 156 valence electrons. The van der Waals surface area contributed by atoms with E-state index in [9.17, 15) is 4.79 Å². The number of carbonyl (C=O) groups is 1. The number of aliphatic carboxylic acids is 1. The Labute approximate surface area is 186 Å². The number of fused-ring (bicyclic) bond motifs is 1. The fraction of sp³-hybridized carbons (Fsp3) is 0.222. The zero-order valence-corrected chi connectivity index (χ0v) is 18.2. The van der Waals surface area contributed by atoms with Gasteiger partial charge in [-0.3, -0.25) is 4.79 Å². The Kier molecular flexibility index (Phi) is 5.11. The molecule has 5 rings (SSSR count). The standard InChI is InChI=1S/C27H24O3S/c1-18-15-22(31-14-11-26(28)29)8-9-23(18)25-17-19-16-21(7-10-24(19)30-25)27(12-13-27)20-5-3-2-4-6-20/h2-10,15-17H,11-14H2,1H3,(H,28,29). The summed E-state index contributed by atoms with van der Waals surface area (Å²) in [6.45, 7) is 2.07. The quantitative estimate of drug-likeness (QED) is 0.320. The van der Waals surface area contributed by atoms with Gasteiger partial charge in [-0.25, -0.2) is 0 Å². The molecule has 4 aromatic rings. The van der Waals surface area contributed by atoms with Crippen LogP contribution < -0.4 is 0 Å². The van der Waals surface area contributed by atoms with E-state index in [1.807, 2.05) is 6.07 Å². The van der Waals surface area contributed by atoms with Crippen molar-refractivity contribution in [2.45, 2.75) is 36.5 Å². The number of hydrogen-bond donors (Lipinski definition) is 1. The van der Waals surface area contributed by atoms with Crippen molar-refractivity contribution in [2.24, 2.45) is 0 Å². The molecule has 0 unspecified atom stereocenters. The molecule has 1 saturated carbocycles. The summed E-state index contributed by atoms with van der Waals surface area (Å²) in [4.78, 5) is 11.8. The largest absolute Gasteiger partial charge is 0.481 e. The van der Waals surface area contributed by atoms with Crippen molar-refractivity contribution in [3.8, 4) is 11.3 Å². The lowest BCUT2D eigenvalue weighted by atomic mass is 9.87. The van der Waals surface area contributed by atoms with Gasteiger partial charge in [0.25, 0.3) is 0 Å². The molecule has 0 amide bonds. The first-order valence-electron chi connectivity index (χ1n) is 10.6. The van der Waals surface area contributed by atoms with Gasteiger partial charge in [-0.2, -0.15) is 0 Å². The number of carboxylic acids is 1.